The molecule has 1 aromatic heterocycles. The minimum absolute atomic E-state index is 0.294. The van der Waals surface area contributed by atoms with Gasteiger partial charge < -0.3 is 10.6 Å². The molecule has 1 fully saturated rings. The lowest BCUT2D eigenvalue weighted by Crippen LogP contribution is -2.16. The van der Waals surface area contributed by atoms with Crippen LogP contribution in [0.4, 0.5) is 0 Å². The van der Waals surface area contributed by atoms with Crippen molar-refractivity contribution in [3.8, 4) is 0 Å². The van der Waals surface area contributed by atoms with Gasteiger partial charge in [-0.25, -0.2) is 4.68 Å². The first kappa shape index (κ1) is 7.75. The molecule has 2 heterocycles. The van der Waals surface area contributed by atoms with E-state index in [1.165, 1.54) is 4.68 Å². The summed E-state index contributed by atoms with van der Waals surface area (Å²) >= 11 is 4.89. The zero-order chi connectivity index (χ0) is 8.55. The highest BCUT2D eigenvalue weighted by Crippen LogP contribution is 2.21. The molecule has 0 amide bonds. The first-order chi connectivity index (χ1) is 5.79. The summed E-state index contributed by atoms with van der Waals surface area (Å²) < 4.78 is 7.09. The van der Waals surface area contributed by atoms with Gasteiger partial charge in [0.1, 0.15) is 0 Å². The molecular weight excluding hydrogens is 176 g/mol. The predicted molar refractivity (Wildman–Crippen MR) is 45.7 cm³/mol. The standard InChI is InChI=1S/C6H10N4OS/c7-10-5(8-9-6(10)12)4-1-2-11-3-4/h4H,1-3,7H2,(H,9,12). The molecule has 0 aromatic carbocycles. The monoisotopic (exact) mass is 186 g/mol. The van der Waals surface area contributed by atoms with Gasteiger partial charge >= 0.3 is 0 Å². The van der Waals surface area contributed by atoms with Crippen molar-refractivity contribution in [2.45, 2.75) is 12.3 Å². The quantitative estimate of drug-likeness (QED) is 0.484. The number of aromatic amines is 1. The van der Waals surface area contributed by atoms with Crippen LogP contribution in [0.3, 0.4) is 0 Å². The van der Waals surface area contributed by atoms with E-state index in [9.17, 15) is 0 Å². The van der Waals surface area contributed by atoms with Crippen LogP contribution in [0.25, 0.3) is 0 Å². The Morgan fingerprint density at radius 1 is 1.75 bits per heavy atom. The molecule has 1 aliphatic rings. The molecule has 1 aromatic rings. The number of nitrogens with one attached hydrogen (secondary N) is 1. The first-order valence-electron chi connectivity index (χ1n) is 3.79. The third kappa shape index (κ3) is 1.12. The lowest BCUT2D eigenvalue weighted by atomic mass is 10.1. The smallest absolute Gasteiger partial charge is 0.214 e. The van der Waals surface area contributed by atoms with Crippen LogP contribution in [0, 0.1) is 4.77 Å². The number of ether oxygens (including phenoxy) is 1. The van der Waals surface area contributed by atoms with Crippen molar-refractivity contribution in [1.29, 1.82) is 0 Å². The number of nitrogen functional groups attached to an aromatic ring is 1. The summed E-state index contributed by atoms with van der Waals surface area (Å²) in [5.74, 6) is 6.73. The molecular formula is C6H10N4OS. The fourth-order valence-electron chi connectivity index (χ4n) is 1.34. The van der Waals surface area contributed by atoms with E-state index in [0.29, 0.717) is 17.3 Å². The Labute approximate surface area is 74.5 Å². The van der Waals surface area contributed by atoms with Gasteiger partial charge in [0, 0.05) is 12.5 Å². The van der Waals surface area contributed by atoms with Gasteiger partial charge in [-0.15, -0.1) is 0 Å². The highest BCUT2D eigenvalue weighted by atomic mass is 32.1. The second-order valence-corrected chi connectivity index (χ2v) is 3.20. The average Bonchev–Trinajstić information content (AvgIpc) is 2.64. The predicted octanol–water partition coefficient (Wildman–Crippen LogP) is 0.158. The molecule has 66 valence electrons. The second kappa shape index (κ2) is 2.87. The molecule has 3 N–H and O–H groups in total. The maximum absolute atomic E-state index is 5.65. The van der Waals surface area contributed by atoms with Crippen LogP contribution in [0.2, 0.25) is 0 Å². The van der Waals surface area contributed by atoms with Crippen molar-refractivity contribution in [1.82, 2.24) is 14.9 Å². The number of H-pyrrole nitrogens is 1. The Hall–Kier alpha value is -0.880. The van der Waals surface area contributed by atoms with Crippen LogP contribution in [0.15, 0.2) is 0 Å². The van der Waals surface area contributed by atoms with Gasteiger partial charge in [0.25, 0.3) is 0 Å². The largest absolute Gasteiger partial charge is 0.381 e. The molecule has 1 atom stereocenters. The number of nitrogens with zero attached hydrogens (tertiary/aromatic N) is 2. The normalized spacial score (nSPS) is 23.2. The molecule has 0 saturated carbocycles. The number of rotatable bonds is 1. The molecule has 12 heavy (non-hydrogen) atoms. The summed E-state index contributed by atoms with van der Waals surface area (Å²) in [5, 5.41) is 6.69. The highest BCUT2D eigenvalue weighted by molar-refractivity contribution is 7.71. The maximum atomic E-state index is 5.65. The van der Waals surface area contributed by atoms with E-state index < -0.39 is 0 Å². The zero-order valence-corrected chi connectivity index (χ0v) is 7.30. The number of hydrogen-bond donors (Lipinski definition) is 2. The molecule has 0 spiro atoms. The van der Waals surface area contributed by atoms with Crippen LogP contribution in [0.1, 0.15) is 18.2 Å². The van der Waals surface area contributed by atoms with E-state index in [1.807, 2.05) is 0 Å². The fraction of sp³-hybridized carbons (Fsp3) is 0.667. The number of hydrogen-bond acceptors (Lipinski definition) is 4. The Kier molecular flexibility index (Phi) is 1.86. The summed E-state index contributed by atoms with van der Waals surface area (Å²) in [6.45, 7) is 1.47. The van der Waals surface area contributed by atoms with Gasteiger partial charge in [-0.2, -0.15) is 5.10 Å². The summed E-state index contributed by atoms with van der Waals surface area (Å²) in [4.78, 5) is 0. The molecule has 0 aliphatic carbocycles. The van der Waals surface area contributed by atoms with E-state index in [2.05, 4.69) is 10.2 Å². The van der Waals surface area contributed by atoms with Gasteiger partial charge in [-0.3, -0.25) is 5.10 Å². The average molecular weight is 186 g/mol. The summed E-state index contributed by atoms with van der Waals surface area (Å²) in [6.07, 6.45) is 0.969. The van der Waals surface area contributed by atoms with E-state index in [1.54, 1.807) is 0 Å². The van der Waals surface area contributed by atoms with E-state index in [-0.39, 0.29) is 0 Å². The van der Waals surface area contributed by atoms with Gasteiger partial charge in [0.2, 0.25) is 4.77 Å². The van der Waals surface area contributed by atoms with Crippen LogP contribution >= 0.6 is 12.2 Å². The molecule has 1 aliphatic heterocycles. The lowest BCUT2D eigenvalue weighted by Gasteiger charge is -2.04. The third-order valence-electron chi connectivity index (χ3n) is 2.03. The minimum Gasteiger partial charge on any atom is -0.381 e. The molecule has 5 nitrogen and oxygen atoms in total. The summed E-state index contributed by atoms with van der Waals surface area (Å²) in [5.41, 5.74) is 0. The SMILES string of the molecule is Nn1c(C2CCOC2)n[nH]c1=S. The van der Waals surface area contributed by atoms with Crippen molar-refractivity contribution < 1.29 is 4.74 Å². The van der Waals surface area contributed by atoms with Crippen molar-refractivity contribution in [2.75, 3.05) is 19.1 Å². The van der Waals surface area contributed by atoms with E-state index in [0.717, 1.165) is 18.9 Å². The van der Waals surface area contributed by atoms with Crippen molar-refractivity contribution in [3.63, 3.8) is 0 Å². The van der Waals surface area contributed by atoms with E-state index in [4.69, 9.17) is 22.8 Å². The third-order valence-corrected chi connectivity index (χ3v) is 2.31. The minimum atomic E-state index is 0.294. The summed E-state index contributed by atoms with van der Waals surface area (Å²) in [6, 6.07) is 0. The highest BCUT2D eigenvalue weighted by Gasteiger charge is 2.22. The Morgan fingerprint density at radius 3 is 3.08 bits per heavy atom. The maximum Gasteiger partial charge on any atom is 0.214 e. The molecule has 0 bridgehead atoms. The molecule has 1 saturated heterocycles. The summed E-state index contributed by atoms with van der Waals surface area (Å²) in [7, 11) is 0. The molecule has 0 radical (unpaired) electrons. The molecule has 6 heteroatoms. The zero-order valence-electron chi connectivity index (χ0n) is 6.49. The number of aromatic nitrogens is 3. The number of nitrogens with two attached hydrogens (primary N) is 1. The van der Waals surface area contributed by atoms with Crippen LogP contribution < -0.4 is 5.84 Å². The Balaban J connectivity index is 2.32. The fourth-order valence-corrected chi connectivity index (χ4v) is 1.48. The first-order valence-corrected chi connectivity index (χ1v) is 4.20. The van der Waals surface area contributed by atoms with Gasteiger partial charge in [0.05, 0.1) is 6.61 Å². The van der Waals surface area contributed by atoms with Crippen LogP contribution in [0.5, 0.6) is 0 Å². The van der Waals surface area contributed by atoms with E-state index >= 15 is 0 Å². The van der Waals surface area contributed by atoms with Crippen LogP contribution in [-0.2, 0) is 4.74 Å². The van der Waals surface area contributed by atoms with Crippen LogP contribution in [-0.4, -0.2) is 28.1 Å². The lowest BCUT2D eigenvalue weighted by molar-refractivity contribution is 0.193. The van der Waals surface area contributed by atoms with Crippen molar-refractivity contribution in [2.24, 2.45) is 0 Å². The van der Waals surface area contributed by atoms with Gasteiger partial charge in [-0.05, 0) is 18.6 Å². The molecule has 2 rings (SSSR count). The Morgan fingerprint density at radius 2 is 2.58 bits per heavy atom. The Bertz CT molecular complexity index is 325. The van der Waals surface area contributed by atoms with Gasteiger partial charge in [0.15, 0.2) is 5.82 Å². The van der Waals surface area contributed by atoms with Gasteiger partial charge in [-0.1, -0.05) is 0 Å². The van der Waals surface area contributed by atoms with Crippen molar-refractivity contribution in [3.05, 3.63) is 10.6 Å². The molecule has 1 unspecified atom stereocenters. The second-order valence-electron chi connectivity index (χ2n) is 2.82. The topological polar surface area (TPSA) is 68.9 Å². The van der Waals surface area contributed by atoms with Crippen molar-refractivity contribution >= 4 is 12.2 Å².